The van der Waals surface area contributed by atoms with E-state index in [0.717, 1.165) is 19.3 Å². The van der Waals surface area contributed by atoms with Crippen molar-refractivity contribution in [2.24, 2.45) is 0 Å². The van der Waals surface area contributed by atoms with Crippen molar-refractivity contribution in [3.63, 3.8) is 0 Å². The van der Waals surface area contributed by atoms with Crippen molar-refractivity contribution in [3.05, 3.63) is 33.7 Å². The minimum absolute atomic E-state index is 0.0217. The molecular formula is C17H19BrN4O4S2. The van der Waals surface area contributed by atoms with Gasteiger partial charge < -0.3 is 10.2 Å². The minimum Gasteiger partial charge on any atom is -0.309 e. The average Bonchev–Trinajstić information content (AvgIpc) is 3.15. The van der Waals surface area contributed by atoms with Gasteiger partial charge in [-0.2, -0.15) is 4.31 Å². The number of benzene rings is 1. The zero-order valence-corrected chi connectivity index (χ0v) is 18.7. The second-order valence-electron chi connectivity index (χ2n) is 6.51. The van der Waals surface area contributed by atoms with Crippen molar-refractivity contribution in [1.82, 2.24) is 9.29 Å². The van der Waals surface area contributed by atoms with Crippen molar-refractivity contribution < 1.29 is 18.0 Å². The summed E-state index contributed by atoms with van der Waals surface area (Å²) in [4.78, 5) is 29.7. The fraction of sp³-hybridized carbons (Fsp3) is 0.353. The first-order chi connectivity index (χ1) is 13.1. The van der Waals surface area contributed by atoms with Crippen LogP contribution in [0.4, 0.5) is 10.8 Å². The molecule has 11 heteroatoms. The summed E-state index contributed by atoms with van der Waals surface area (Å²) in [6.07, 6.45) is 2.14. The number of hydrogen-bond donors (Lipinski definition) is 1. The van der Waals surface area contributed by atoms with Gasteiger partial charge in [-0.1, -0.05) is 11.3 Å². The highest BCUT2D eigenvalue weighted by molar-refractivity contribution is 9.11. The molecule has 1 aliphatic heterocycles. The predicted molar refractivity (Wildman–Crippen MR) is 111 cm³/mol. The van der Waals surface area contributed by atoms with Crippen LogP contribution in [0, 0.1) is 0 Å². The molecule has 150 valence electrons. The van der Waals surface area contributed by atoms with Gasteiger partial charge in [0, 0.05) is 25.7 Å². The number of carbonyl (C=O) groups excluding carboxylic acids is 2. The Labute approximate surface area is 175 Å². The first kappa shape index (κ1) is 20.9. The summed E-state index contributed by atoms with van der Waals surface area (Å²) in [7, 11) is -2.50. The van der Waals surface area contributed by atoms with E-state index < -0.39 is 15.9 Å². The number of rotatable bonds is 5. The molecule has 28 heavy (non-hydrogen) atoms. The quantitative estimate of drug-likeness (QED) is 0.699. The number of carbonyl (C=O) groups is 2. The Morgan fingerprint density at radius 3 is 2.75 bits per heavy atom. The summed E-state index contributed by atoms with van der Waals surface area (Å²) >= 11 is 4.49. The van der Waals surface area contributed by atoms with Gasteiger partial charge in [0.05, 0.1) is 21.4 Å². The van der Waals surface area contributed by atoms with Crippen LogP contribution in [0.15, 0.2) is 33.1 Å². The number of sulfonamides is 1. The number of aromatic nitrogens is 1. The number of nitrogens with zero attached hydrogens (tertiary/aromatic N) is 3. The van der Waals surface area contributed by atoms with E-state index in [0.29, 0.717) is 11.6 Å². The lowest BCUT2D eigenvalue weighted by Gasteiger charge is -2.21. The van der Waals surface area contributed by atoms with Crippen LogP contribution < -0.4 is 10.2 Å². The molecule has 8 nitrogen and oxygen atoms in total. The molecule has 3 rings (SSSR count). The van der Waals surface area contributed by atoms with E-state index in [9.17, 15) is 18.0 Å². The molecule has 0 saturated carbocycles. The maximum atomic E-state index is 12.9. The summed E-state index contributed by atoms with van der Waals surface area (Å²) in [6, 6.07) is 4.67. The second-order valence-corrected chi connectivity index (χ2v) is 11.0. The van der Waals surface area contributed by atoms with Gasteiger partial charge in [0.15, 0.2) is 5.13 Å². The molecular weight excluding hydrogens is 468 g/mol. The minimum atomic E-state index is -3.86. The summed E-state index contributed by atoms with van der Waals surface area (Å²) in [6.45, 7) is 3.07. The van der Waals surface area contributed by atoms with Gasteiger partial charge in [0.1, 0.15) is 0 Å². The highest BCUT2D eigenvalue weighted by atomic mass is 79.9. The maximum Gasteiger partial charge on any atom is 0.243 e. The molecule has 1 N–H and O–H groups in total. The molecule has 1 atom stereocenters. The third-order valence-electron chi connectivity index (χ3n) is 4.40. The lowest BCUT2D eigenvalue weighted by atomic mass is 10.1. The molecule has 0 radical (unpaired) electrons. The Morgan fingerprint density at radius 1 is 1.43 bits per heavy atom. The Bertz CT molecular complexity index is 1040. The largest absolute Gasteiger partial charge is 0.309 e. The van der Waals surface area contributed by atoms with Crippen LogP contribution in [0.25, 0.3) is 0 Å². The molecule has 0 bridgehead atoms. The van der Waals surface area contributed by atoms with Gasteiger partial charge >= 0.3 is 0 Å². The van der Waals surface area contributed by atoms with Crippen LogP contribution in [0.5, 0.6) is 0 Å². The van der Waals surface area contributed by atoms with Crippen LogP contribution in [0.2, 0.25) is 0 Å². The molecule has 2 aromatic rings. The van der Waals surface area contributed by atoms with Crippen molar-refractivity contribution in [1.29, 1.82) is 0 Å². The fourth-order valence-electron chi connectivity index (χ4n) is 3.19. The Balaban J connectivity index is 1.76. The summed E-state index contributed by atoms with van der Waals surface area (Å²) in [5, 5.41) is 2.96. The smallest absolute Gasteiger partial charge is 0.243 e. The fourth-order valence-corrected chi connectivity index (χ4v) is 5.49. The van der Waals surface area contributed by atoms with Gasteiger partial charge in [-0.15, -0.1) is 0 Å². The topological polar surface area (TPSA) is 99.7 Å². The van der Waals surface area contributed by atoms with E-state index in [1.807, 2.05) is 6.92 Å². The van der Waals surface area contributed by atoms with Crippen molar-refractivity contribution in [3.8, 4) is 0 Å². The third-order valence-corrected chi connectivity index (χ3v) is 7.60. The Morgan fingerprint density at radius 2 is 2.14 bits per heavy atom. The van der Waals surface area contributed by atoms with E-state index in [-0.39, 0.29) is 23.4 Å². The van der Waals surface area contributed by atoms with E-state index in [2.05, 4.69) is 26.2 Å². The number of halogens is 1. The predicted octanol–water partition coefficient (Wildman–Crippen LogP) is 2.46. The molecule has 0 aliphatic carbocycles. The van der Waals surface area contributed by atoms with Crippen molar-refractivity contribution in [2.75, 3.05) is 23.8 Å². The molecule has 2 amide bonds. The van der Waals surface area contributed by atoms with Gasteiger partial charge in [-0.25, -0.2) is 13.4 Å². The van der Waals surface area contributed by atoms with E-state index in [1.165, 1.54) is 31.4 Å². The Kier molecular flexibility index (Phi) is 5.89. The molecule has 0 fully saturated rings. The third kappa shape index (κ3) is 4.12. The number of likely N-dealkylation sites (N-methyl/N-ethyl adjacent to an activating group) is 1. The van der Waals surface area contributed by atoms with Crippen molar-refractivity contribution >= 4 is 59.9 Å². The molecule has 1 aromatic heterocycles. The summed E-state index contributed by atoms with van der Waals surface area (Å²) < 4.78 is 27.5. The molecule has 0 spiro atoms. The summed E-state index contributed by atoms with van der Waals surface area (Å²) in [5.74, 6) is -0.560. The highest BCUT2D eigenvalue weighted by Crippen LogP contribution is 2.34. The normalized spacial score (nSPS) is 16.3. The Hall–Kier alpha value is -1.82. The van der Waals surface area contributed by atoms with Gasteiger partial charge in [-0.3, -0.25) is 9.59 Å². The summed E-state index contributed by atoms with van der Waals surface area (Å²) in [5.41, 5.74) is 1.53. The maximum absolute atomic E-state index is 12.9. The lowest BCUT2D eigenvalue weighted by Crippen LogP contribution is -2.35. The zero-order valence-electron chi connectivity index (χ0n) is 15.5. The first-order valence-corrected chi connectivity index (χ1v) is 11.4. The van der Waals surface area contributed by atoms with Gasteiger partial charge in [-0.05, 0) is 53.0 Å². The number of anilines is 2. The van der Waals surface area contributed by atoms with Crippen molar-refractivity contribution in [2.45, 2.75) is 31.2 Å². The van der Waals surface area contributed by atoms with Crippen LogP contribution in [-0.4, -0.2) is 49.2 Å². The molecule has 0 saturated heterocycles. The lowest BCUT2D eigenvalue weighted by molar-refractivity contribution is -0.117. The number of hydrogen-bond acceptors (Lipinski definition) is 6. The standard InChI is InChI=1S/C17H19BrN4O4S2/c1-10-6-12-7-13(4-5-14(12)22(10)11(2)23)28(25,26)21(3)9-16(24)20-17-19-8-15(18)27-17/h4-5,7-8,10H,6,9H2,1-3H3,(H,19,20,24). The van der Waals surface area contributed by atoms with E-state index in [1.54, 1.807) is 23.2 Å². The monoisotopic (exact) mass is 486 g/mol. The number of fused-ring (bicyclic) bond motifs is 1. The SMILES string of the molecule is CC(=O)N1c2ccc(S(=O)(=O)N(C)CC(=O)Nc3ncc(Br)s3)cc2CC1C. The molecule has 1 aromatic carbocycles. The average molecular weight is 487 g/mol. The second kappa shape index (κ2) is 7.90. The number of nitrogens with one attached hydrogen (secondary N) is 1. The van der Waals surface area contributed by atoms with Crippen LogP contribution >= 0.6 is 27.3 Å². The zero-order chi connectivity index (χ0) is 20.6. The number of amides is 2. The first-order valence-electron chi connectivity index (χ1n) is 8.40. The van der Waals surface area contributed by atoms with E-state index >= 15 is 0 Å². The van der Waals surface area contributed by atoms with Crippen LogP contribution in [0.3, 0.4) is 0 Å². The van der Waals surface area contributed by atoms with Gasteiger partial charge in [0.2, 0.25) is 21.8 Å². The molecule has 1 unspecified atom stereocenters. The number of thiazole rings is 1. The van der Waals surface area contributed by atoms with E-state index in [4.69, 9.17) is 0 Å². The highest BCUT2D eigenvalue weighted by Gasteiger charge is 2.31. The van der Waals surface area contributed by atoms with Gasteiger partial charge in [0.25, 0.3) is 0 Å². The van der Waals surface area contributed by atoms with Crippen LogP contribution in [0.1, 0.15) is 19.4 Å². The molecule has 1 aliphatic rings. The molecule has 2 heterocycles. The van der Waals surface area contributed by atoms with Crippen LogP contribution in [-0.2, 0) is 26.0 Å².